The Balaban J connectivity index is -0.000000265. The summed E-state index contributed by atoms with van der Waals surface area (Å²) in [6, 6.07) is 0. The average molecular weight is 668 g/mol. The van der Waals surface area contributed by atoms with Gasteiger partial charge in [0.25, 0.3) is 0 Å². The van der Waals surface area contributed by atoms with Gasteiger partial charge >= 0.3 is 196 Å². The fraction of sp³-hybridized carbons (Fsp3) is 0.538. The molecular weight excluding hydrogens is 636 g/mol. The van der Waals surface area contributed by atoms with Gasteiger partial charge < -0.3 is 0 Å². The molecule has 2 atom stereocenters. The van der Waals surface area contributed by atoms with E-state index in [4.69, 9.17) is 32.7 Å². The van der Waals surface area contributed by atoms with E-state index in [2.05, 4.69) is 82.3 Å². The normalized spacial score (nSPS) is 14.4. The summed E-state index contributed by atoms with van der Waals surface area (Å²) in [6.07, 6.45) is 9.38. The average Bonchev–Trinajstić information content (AvgIpc) is 2.92. The van der Waals surface area contributed by atoms with Crippen molar-refractivity contribution in [1.29, 1.82) is 0 Å². The van der Waals surface area contributed by atoms with Crippen molar-refractivity contribution >= 4 is 12.2 Å². The summed E-state index contributed by atoms with van der Waals surface area (Å²) in [7, 11) is 2.35. The number of methoxy groups -OCH3 is 2. The number of hydrogen-bond donors (Lipinski definition) is 0. The van der Waals surface area contributed by atoms with Crippen LogP contribution in [0.5, 0.6) is 0 Å². The zero-order chi connectivity index (χ0) is 28.7. The van der Waals surface area contributed by atoms with E-state index in [0.717, 1.165) is 50.7 Å². The van der Waals surface area contributed by atoms with Crippen LogP contribution in [-0.4, -0.2) is 26.4 Å². The van der Waals surface area contributed by atoms with E-state index in [0.29, 0.717) is 11.8 Å². The molecule has 0 fully saturated rings. The van der Waals surface area contributed by atoms with Gasteiger partial charge in [0.2, 0.25) is 0 Å². The van der Waals surface area contributed by atoms with Crippen LogP contribution in [0.2, 0.25) is 19.6 Å². The van der Waals surface area contributed by atoms with Crippen LogP contribution >= 0.6 is 0 Å². The fourth-order valence-corrected chi connectivity index (χ4v) is 4.56. The summed E-state index contributed by atoms with van der Waals surface area (Å²) in [5, 5.41) is 0. The second kappa shape index (κ2) is 34.3. The van der Waals surface area contributed by atoms with Crippen LogP contribution in [0.3, 0.4) is 0 Å². The third-order valence-electron chi connectivity index (χ3n) is 4.23. The molecule has 1 rings (SSSR count). The Morgan fingerprint density at radius 1 is 0.914 bits per heavy atom. The Labute approximate surface area is 222 Å². The van der Waals surface area contributed by atoms with Gasteiger partial charge in [-0.3, -0.25) is 0 Å². The van der Waals surface area contributed by atoms with Crippen LogP contribution in [0.4, 0.5) is 0 Å². The molecule has 0 bridgehead atoms. The summed E-state index contributed by atoms with van der Waals surface area (Å²) in [4.78, 5) is 0. The van der Waals surface area contributed by atoms with Crippen LogP contribution in [0.15, 0.2) is 11.8 Å². The Morgan fingerprint density at radius 3 is 1.86 bits per heavy atom. The van der Waals surface area contributed by atoms with Crippen molar-refractivity contribution in [2.75, 3.05) is 14.2 Å². The summed E-state index contributed by atoms with van der Waals surface area (Å²) in [5.74, 6) is 12.2. The first-order valence-electron chi connectivity index (χ1n) is 10.2. The summed E-state index contributed by atoms with van der Waals surface area (Å²) in [5.41, 5.74) is 3.41. The molecule has 1 aliphatic rings. The fourth-order valence-electron chi connectivity index (χ4n) is 2.87. The summed E-state index contributed by atoms with van der Waals surface area (Å²) in [6.45, 7) is 29.4. The number of unbranched alkanes of at least 4 members (excludes halogenated alkanes) is 2. The van der Waals surface area contributed by atoms with E-state index in [1.165, 1.54) is 23.4 Å². The zero-order valence-electron chi connectivity index (χ0n) is 20.9. The topological polar surface area (TPSA) is 118 Å². The molecule has 0 amide bonds. The quantitative estimate of drug-likeness (QED) is 0.131. The first-order chi connectivity index (χ1) is 16.9. The van der Waals surface area contributed by atoms with Gasteiger partial charge in [0, 0.05) is 0 Å². The van der Waals surface area contributed by atoms with Gasteiger partial charge in [0.15, 0.2) is 0 Å². The second-order valence-corrected chi connectivity index (χ2v) is 13.7. The first kappa shape index (κ1) is 43.2. The molecule has 0 radical (unpaired) electrons. The van der Waals surface area contributed by atoms with Crippen molar-refractivity contribution in [3.05, 3.63) is 45.1 Å². The van der Waals surface area contributed by atoms with E-state index >= 15 is 0 Å². The Bertz CT molecular complexity index is 759. The minimum absolute atomic E-state index is 0.525. The number of rotatable bonds is 7. The monoisotopic (exact) mass is 668 g/mol. The van der Waals surface area contributed by atoms with Crippen molar-refractivity contribution in [2.45, 2.75) is 64.6 Å². The standard InChI is InChI=1S/C21H32O2Si.5CO.W/c1-22-18-20-14-15-21(23-2)17-19(20)13-11-9-7-6-8-10-12-16-24(3,4)5;5*1-2;/h15,19-20H,6,8,10-11,13-14,17H2,1-5H3;;;;;;/t19-,20+;;;;;;/m0....../s1. The van der Waals surface area contributed by atoms with Gasteiger partial charge in [-0.25, -0.2) is 0 Å². The van der Waals surface area contributed by atoms with Gasteiger partial charge in [0.1, 0.15) is 8.07 Å². The maximum atomic E-state index is 7.50. The minimum atomic E-state index is -1.21. The molecular formula is C26H32O7SiW. The van der Waals surface area contributed by atoms with Gasteiger partial charge in [-0.2, -0.15) is 0 Å². The van der Waals surface area contributed by atoms with Crippen LogP contribution < -0.4 is 0 Å². The molecule has 0 heterocycles. The SMILES string of the molecule is CO[C](=[W])[C@H]1CC=C(OC)C[C@@H]1CCC#CCCCC#C[Si](C)(C)C.[C-]#[O+].[C-]#[O+].[C-]#[O+].[C-]#[O+].[C-]#[O+]. The second-order valence-electron chi connectivity index (χ2n) is 7.50. The number of hydrogen-bond acceptors (Lipinski definition) is 2. The summed E-state index contributed by atoms with van der Waals surface area (Å²) >= 11 is 1.44. The molecule has 0 N–H and O–H groups in total. The molecule has 0 saturated carbocycles. The van der Waals surface area contributed by atoms with Gasteiger partial charge in [-0.1, -0.05) is 19.6 Å². The van der Waals surface area contributed by atoms with Crippen LogP contribution in [0, 0.1) is 68.4 Å². The van der Waals surface area contributed by atoms with Crippen LogP contribution in [0.25, 0.3) is 0 Å². The Kier molecular flexibility index (Phi) is 42.3. The van der Waals surface area contributed by atoms with E-state index in [1.54, 1.807) is 14.2 Å². The van der Waals surface area contributed by atoms with Crippen molar-refractivity contribution in [2.24, 2.45) is 11.8 Å². The predicted octanol–water partition coefficient (Wildman–Crippen LogP) is 4.51. The van der Waals surface area contributed by atoms with Gasteiger partial charge in [-0.15, -0.1) is 0 Å². The Morgan fingerprint density at radius 2 is 1.40 bits per heavy atom. The van der Waals surface area contributed by atoms with Crippen molar-refractivity contribution in [3.8, 4) is 23.3 Å². The molecule has 9 heteroatoms. The van der Waals surface area contributed by atoms with Crippen molar-refractivity contribution in [1.82, 2.24) is 0 Å². The predicted molar refractivity (Wildman–Crippen MR) is 125 cm³/mol. The van der Waals surface area contributed by atoms with E-state index in [-0.39, 0.29) is 0 Å². The van der Waals surface area contributed by atoms with Gasteiger partial charge in [0.05, 0.1) is 0 Å². The molecule has 0 aliphatic heterocycles. The van der Waals surface area contributed by atoms with Crippen molar-refractivity contribution in [3.63, 3.8) is 0 Å². The molecule has 0 spiro atoms. The van der Waals surface area contributed by atoms with E-state index in [1.807, 2.05) is 0 Å². The third-order valence-corrected chi connectivity index (χ3v) is 6.84. The van der Waals surface area contributed by atoms with Crippen molar-refractivity contribution < 1.29 is 52.1 Å². The molecule has 35 heavy (non-hydrogen) atoms. The molecule has 7 nitrogen and oxygen atoms in total. The zero-order valence-corrected chi connectivity index (χ0v) is 24.9. The third kappa shape index (κ3) is 28.2. The molecule has 0 aromatic carbocycles. The Hall–Kier alpha value is -1.90. The van der Waals surface area contributed by atoms with Gasteiger partial charge in [-0.05, 0) is 0 Å². The molecule has 0 saturated heterocycles. The molecule has 0 aromatic rings. The molecule has 0 aromatic heterocycles. The van der Waals surface area contributed by atoms with E-state index in [9.17, 15) is 0 Å². The number of allylic oxidation sites excluding steroid dienone is 2. The molecule has 188 valence electrons. The maximum absolute atomic E-state index is 7.50. The number of ether oxygens (including phenoxy) is 2. The summed E-state index contributed by atoms with van der Waals surface area (Å²) < 4.78 is 49.7. The first-order valence-corrected chi connectivity index (χ1v) is 15.1. The molecule has 0 unspecified atom stereocenters. The van der Waals surface area contributed by atoms with Crippen LogP contribution in [0.1, 0.15) is 44.9 Å². The van der Waals surface area contributed by atoms with Crippen LogP contribution in [-0.2, 0) is 52.1 Å². The molecule has 1 aliphatic carbocycles. The van der Waals surface area contributed by atoms with E-state index < -0.39 is 8.07 Å².